The zero-order valence-corrected chi connectivity index (χ0v) is 22.2. The number of Topliss-reactive ketones (excluding diaryl/α,β-unsaturated/α-hetero) is 1. The number of allylic oxidation sites excluding steroid dienone is 1. The monoisotopic (exact) mass is 519 g/mol. The first-order chi connectivity index (χ1) is 16.6. The van der Waals surface area contributed by atoms with E-state index >= 15 is 0 Å². The quantitative estimate of drug-likeness (QED) is 0.560. The molecule has 0 N–H and O–H groups in total. The molecule has 2 atom stereocenters. The number of piperazine rings is 1. The van der Waals surface area contributed by atoms with Crippen molar-refractivity contribution in [3.63, 3.8) is 0 Å². The maximum absolute atomic E-state index is 13.7. The van der Waals surface area contributed by atoms with Gasteiger partial charge in [0.15, 0.2) is 10.9 Å². The fraction of sp³-hybridized carbons (Fsp3) is 0.560. The minimum Gasteiger partial charge on any atom is -0.496 e. The number of thioether (sulfide) groups is 1. The second-order valence-corrected chi connectivity index (χ2v) is 12.1. The molecular weight excluding hydrogens is 490 g/mol. The van der Waals surface area contributed by atoms with Gasteiger partial charge in [0.1, 0.15) is 22.1 Å². The molecular formula is C25H30ClN3O5S. The predicted molar refractivity (Wildman–Crippen MR) is 136 cm³/mol. The number of carbonyl (C=O) groups is 2. The number of benzene rings is 1. The summed E-state index contributed by atoms with van der Waals surface area (Å²) in [4.78, 5) is 36.5. The molecule has 1 aromatic carbocycles. The average Bonchev–Trinajstić information content (AvgIpc) is 3.36. The Morgan fingerprint density at radius 2 is 1.77 bits per heavy atom. The summed E-state index contributed by atoms with van der Waals surface area (Å²) in [6.45, 7) is 10.4. The third-order valence-electron chi connectivity index (χ3n) is 7.21. The molecule has 188 valence electrons. The lowest BCUT2D eigenvalue weighted by molar-refractivity contribution is -0.129. The molecule has 0 aromatic heterocycles. The molecule has 0 unspecified atom stereocenters. The molecule has 0 bridgehead atoms. The molecule has 1 aliphatic carbocycles. The number of hydrogen-bond donors (Lipinski definition) is 0. The zero-order valence-electron chi connectivity index (χ0n) is 20.6. The van der Waals surface area contributed by atoms with Gasteiger partial charge in [-0.1, -0.05) is 30.3 Å². The largest absolute Gasteiger partial charge is 0.496 e. The van der Waals surface area contributed by atoms with Crippen LogP contribution >= 0.6 is 23.4 Å². The Bertz CT molecular complexity index is 1160. The highest BCUT2D eigenvalue weighted by atomic mass is 35.5. The Labute approximate surface area is 214 Å². The Hall–Kier alpha value is -2.39. The normalized spacial score (nSPS) is 27.5. The van der Waals surface area contributed by atoms with Crippen LogP contribution in [0.5, 0.6) is 17.2 Å². The van der Waals surface area contributed by atoms with Crippen molar-refractivity contribution in [2.75, 3.05) is 46.9 Å². The summed E-state index contributed by atoms with van der Waals surface area (Å²) in [6.07, 6.45) is 2.13. The van der Waals surface area contributed by atoms with Gasteiger partial charge in [-0.2, -0.15) is 0 Å². The van der Waals surface area contributed by atoms with E-state index in [9.17, 15) is 9.59 Å². The summed E-state index contributed by atoms with van der Waals surface area (Å²) in [6, 6.07) is 1.55. The summed E-state index contributed by atoms with van der Waals surface area (Å²) in [5.74, 6) is -0.392. The number of ketones is 2. The number of aliphatic imine (C=N–C) groups is 1. The number of fused-ring (bicyclic) bond motifs is 1. The molecule has 5 rings (SSSR count). The average molecular weight is 520 g/mol. The van der Waals surface area contributed by atoms with Crippen molar-refractivity contribution in [1.82, 2.24) is 9.80 Å². The van der Waals surface area contributed by atoms with Gasteiger partial charge in [-0.25, -0.2) is 0 Å². The van der Waals surface area contributed by atoms with E-state index in [1.165, 1.54) is 14.2 Å². The van der Waals surface area contributed by atoms with Crippen LogP contribution in [0.25, 0.3) is 0 Å². The smallest absolute Gasteiger partial charge is 0.236 e. The predicted octanol–water partition coefficient (Wildman–Crippen LogP) is 3.66. The fourth-order valence-electron chi connectivity index (χ4n) is 5.25. The Kier molecular flexibility index (Phi) is 5.99. The SMILES string of the molecule is COc1cc(OC)c2c(c1Cl)O[C@@]1(C(=O)C=C(N3CCN(C4=NCC(C)(C)S4)CC3)C[C@H]1C)C2=O. The van der Waals surface area contributed by atoms with Crippen LogP contribution in [0, 0.1) is 5.92 Å². The van der Waals surface area contributed by atoms with E-state index in [1.807, 2.05) is 18.7 Å². The molecule has 1 spiro atoms. The molecule has 0 amide bonds. The van der Waals surface area contributed by atoms with E-state index in [0.29, 0.717) is 12.2 Å². The lowest BCUT2D eigenvalue weighted by atomic mass is 9.74. The minimum atomic E-state index is -1.64. The summed E-state index contributed by atoms with van der Waals surface area (Å²) < 4.78 is 17.0. The molecule has 0 radical (unpaired) electrons. The molecule has 4 aliphatic rings. The van der Waals surface area contributed by atoms with Gasteiger partial charge in [0.25, 0.3) is 0 Å². The van der Waals surface area contributed by atoms with Crippen LogP contribution in [-0.4, -0.2) is 83.8 Å². The van der Waals surface area contributed by atoms with E-state index in [0.717, 1.165) is 43.6 Å². The number of nitrogens with zero attached hydrogens (tertiary/aromatic N) is 3. The first kappa shape index (κ1) is 24.3. The molecule has 10 heteroatoms. The molecule has 0 saturated carbocycles. The molecule has 35 heavy (non-hydrogen) atoms. The molecule has 3 heterocycles. The molecule has 1 fully saturated rings. The summed E-state index contributed by atoms with van der Waals surface area (Å²) in [7, 11) is 2.93. The number of hydrogen-bond acceptors (Lipinski definition) is 9. The van der Waals surface area contributed by atoms with Crippen molar-refractivity contribution in [2.24, 2.45) is 10.9 Å². The topological polar surface area (TPSA) is 80.7 Å². The van der Waals surface area contributed by atoms with Crippen LogP contribution in [-0.2, 0) is 4.79 Å². The van der Waals surface area contributed by atoms with Gasteiger partial charge in [-0.15, -0.1) is 0 Å². The van der Waals surface area contributed by atoms with Crippen LogP contribution in [0.15, 0.2) is 22.8 Å². The highest BCUT2D eigenvalue weighted by Crippen LogP contribution is 2.53. The lowest BCUT2D eigenvalue weighted by Gasteiger charge is -2.42. The number of halogens is 1. The lowest BCUT2D eigenvalue weighted by Crippen LogP contribution is -2.56. The van der Waals surface area contributed by atoms with Crippen molar-refractivity contribution >= 4 is 40.1 Å². The molecule has 1 aromatic rings. The van der Waals surface area contributed by atoms with Crippen molar-refractivity contribution in [1.29, 1.82) is 0 Å². The van der Waals surface area contributed by atoms with Gasteiger partial charge in [-0.3, -0.25) is 14.6 Å². The number of carbonyl (C=O) groups excluding carboxylic acids is 2. The van der Waals surface area contributed by atoms with Gasteiger partial charge in [0.05, 0.1) is 20.8 Å². The Balaban J connectivity index is 1.36. The van der Waals surface area contributed by atoms with E-state index in [-0.39, 0.29) is 38.5 Å². The summed E-state index contributed by atoms with van der Waals surface area (Å²) >= 11 is 8.30. The fourth-order valence-corrected chi connectivity index (χ4v) is 6.57. The molecule has 3 aliphatic heterocycles. The van der Waals surface area contributed by atoms with Gasteiger partial charge in [-0.05, 0) is 20.3 Å². The van der Waals surface area contributed by atoms with E-state index in [1.54, 1.807) is 12.1 Å². The maximum atomic E-state index is 13.7. The highest BCUT2D eigenvalue weighted by molar-refractivity contribution is 8.15. The van der Waals surface area contributed by atoms with Crippen molar-refractivity contribution in [2.45, 2.75) is 37.5 Å². The van der Waals surface area contributed by atoms with Crippen molar-refractivity contribution in [3.05, 3.63) is 28.4 Å². The third-order valence-corrected chi connectivity index (χ3v) is 8.82. The van der Waals surface area contributed by atoms with Crippen molar-refractivity contribution < 1.29 is 23.8 Å². The number of ether oxygens (including phenoxy) is 3. The summed E-state index contributed by atoms with van der Waals surface area (Å²) in [5, 5.41) is 1.27. The minimum absolute atomic E-state index is 0.148. The van der Waals surface area contributed by atoms with Crippen LogP contribution in [0.3, 0.4) is 0 Å². The van der Waals surface area contributed by atoms with Crippen LogP contribution in [0.2, 0.25) is 5.02 Å². The van der Waals surface area contributed by atoms with Crippen LogP contribution in [0.1, 0.15) is 37.6 Å². The van der Waals surface area contributed by atoms with Crippen LogP contribution < -0.4 is 14.2 Å². The molecule has 8 nitrogen and oxygen atoms in total. The third kappa shape index (κ3) is 3.78. The molecule has 1 saturated heterocycles. The van der Waals surface area contributed by atoms with E-state index in [4.69, 9.17) is 30.8 Å². The first-order valence-corrected chi connectivity index (χ1v) is 13.0. The van der Waals surface area contributed by atoms with E-state index < -0.39 is 11.4 Å². The Morgan fingerprint density at radius 1 is 1.11 bits per heavy atom. The van der Waals surface area contributed by atoms with Gasteiger partial charge < -0.3 is 24.0 Å². The first-order valence-electron chi connectivity index (χ1n) is 11.8. The zero-order chi connectivity index (χ0) is 25.1. The van der Waals surface area contributed by atoms with Gasteiger partial charge >= 0.3 is 0 Å². The second-order valence-electron chi connectivity index (χ2n) is 10.0. The maximum Gasteiger partial charge on any atom is 0.236 e. The van der Waals surface area contributed by atoms with E-state index in [2.05, 4.69) is 23.6 Å². The Morgan fingerprint density at radius 3 is 2.34 bits per heavy atom. The number of amidine groups is 1. The van der Waals surface area contributed by atoms with Gasteiger partial charge in [0, 0.05) is 54.7 Å². The number of methoxy groups -OCH3 is 2. The standard InChI is InChI=1S/C25H30ClN3O5S/c1-14-10-15(28-6-8-29(9-7-28)23-27-13-24(2,3)35-23)11-18(30)25(14)22(31)19-16(32-4)12-17(33-5)20(26)21(19)34-25/h11-12,14H,6-10,13H2,1-5H3/t14-,25+/m1/s1. The van der Waals surface area contributed by atoms with Crippen LogP contribution in [0.4, 0.5) is 0 Å². The summed E-state index contributed by atoms with van der Waals surface area (Å²) in [5.41, 5.74) is -0.503. The van der Waals surface area contributed by atoms with Crippen molar-refractivity contribution in [3.8, 4) is 17.2 Å². The second kappa shape index (κ2) is 8.62. The van der Waals surface area contributed by atoms with Gasteiger partial charge in [0.2, 0.25) is 17.2 Å². The number of rotatable bonds is 3. The highest BCUT2D eigenvalue weighted by Gasteiger charge is 2.60.